The maximum absolute atomic E-state index is 13.5. The van der Waals surface area contributed by atoms with Crippen molar-refractivity contribution >= 4 is 34.9 Å². The van der Waals surface area contributed by atoms with E-state index >= 15 is 0 Å². The van der Waals surface area contributed by atoms with Crippen LogP contribution >= 0.6 is 0 Å². The molecule has 3 amide bonds. The fourth-order valence-corrected chi connectivity index (χ4v) is 5.77. The molecule has 5 aromatic rings. The zero-order valence-corrected chi connectivity index (χ0v) is 22.7. The molecule has 0 fully saturated rings. The predicted octanol–water partition coefficient (Wildman–Crippen LogP) is 4.77. The van der Waals surface area contributed by atoms with Gasteiger partial charge in [-0.05, 0) is 52.1 Å². The molecule has 0 saturated heterocycles. The van der Waals surface area contributed by atoms with E-state index in [2.05, 4.69) is 15.3 Å². The Labute approximate surface area is 245 Å². The highest BCUT2D eigenvalue weighted by atomic mass is 16.7. The number of fused-ring (bicyclic) bond motifs is 5. The van der Waals surface area contributed by atoms with Crippen molar-refractivity contribution in [1.29, 1.82) is 0 Å². The zero-order chi connectivity index (χ0) is 29.5. The number of nitrogens with zero attached hydrogens (tertiary/aromatic N) is 2. The van der Waals surface area contributed by atoms with Gasteiger partial charge in [0.1, 0.15) is 12.6 Å². The van der Waals surface area contributed by atoms with Crippen LogP contribution in [-0.4, -0.2) is 51.6 Å². The molecular formula is C33H24N4O6. The molecule has 2 aromatic heterocycles. The summed E-state index contributed by atoms with van der Waals surface area (Å²) in [7, 11) is 0. The van der Waals surface area contributed by atoms with E-state index in [-0.39, 0.29) is 30.1 Å². The number of carbonyl (C=O) groups is 4. The molecule has 1 unspecified atom stereocenters. The average molecular weight is 573 g/mol. The molecule has 1 aliphatic heterocycles. The number of pyridine rings is 1. The fraction of sp³-hybridized carbons (Fsp3) is 0.121. The van der Waals surface area contributed by atoms with Crippen LogP contribution in [0.1, 0.15) is 43.3 Å². The third-order valence-electron chi connectivity index (χ3n) is 7.80. The number of imide groups is 1. The SMILES string of the molecule is O=C(NC(Cc1c[nH]c2cccnc12)C(=O)ON1C(=O)c2ccccc2C1=O)OCC1c2ccccc2-c2ccccc21. The maximum Gasteiger partial charge on any atom is 0.407 e. The van der Waals surface area contributed by atoms with Crippen molar-refractivity contribution in [3.05, 3.63) is 125 Å². The second-order valence-corrected chi connectivity index (χ2v) is 10.3. The third-order valence-corrected chi connectivity index (χ3v) is 7.80. The van der Waals surface area contributed by atoms with Crippen molar-refractivity contribution in [3.63, 3.8) is 0 Å². The molecule has 10 nitrogen and oxygen atoms in total. The number of alkyl carbamates (subject to hydrolysis) is 1. The molecule has 3 heterocycles. The first kappa shape index (κ1) is 26.1. The molecule has 212 valence electrons. The van der Waals surface area contributed by atoms with Gasteiger partial charge in [0.15, 0.2) is 0 Å². The lowest BCUT2D eigenvalue weighted by molar-refractivity contribution is -0.171. The number of hydroxylamine groups is 2. The van der Waals surface area contributed by atoms with E-state index in [4.69, 9.17) is 9.57 Å². The average Bonchev–Trinajstić information content (AvgIpc) is 3.67. The van der Waals surface area contributed by atoms with Crippen LogP contribution in [0.15, 0.2) is 97.3 Å². The van der Waals surface area contributed by atoms with Gasteiger partial charge in [0, 0.05) is 24.7 Å². The van der Waals surface area contributed by atoms with Crippen LogP contribution in [-0.2, 0) is 20.8 Å². The smallest absolute Gasteiger partial charge is 0.407 e. The Balaban J connectivity index is 1.11. The molecule has 43 heavy (non-hydrogen) atoms. The van der Waals surface area contributed by atoms with Crippen molar-refractivity contribution in [2.45, 2.75) is 18.4 Å². The lowest BCUT2D eigenvalue weighted by Gasteiger charge is -2.21. The van der Waals surface area contributed by atoms with Gasteiger partial charge in [-0.3, -0.25) is 14.6 Å². The van der Waals surface area contributed by atoms with E-state index in [1.54, 1.807) is 30.6 Å². The molecule has 2 aliphatic rings. The summed E-state index contributed by atoms with van der Waals surface area (Å²) in [5.41, 5.74) is 6.48. The molecule has 0 radical (unpaired) electrons. The molecule has 7 rings (SSSR count). The van der Waals surface area contributed by atoms with Crippen LogP contribution < -0.4 is 5.32 Å². The Hall–Kier alpha value is -5.77. The van der Waals surface area contributed by atoms with Crippen molar-refractivity contribution in [2.24, 2.45) is 0 Å². The van der Waals surface area contributed by atoms with Crippen molar-refractivity contribution in [3.8, 4) is 11.1 Å². The standard InChI is InChI=1S/C33H24N4O6/c38-30-24-12-5-6-13-25(24)31(39)37(30)43-32(40)28(16-19-17-35-27-14-7-15-34-29(19)27)36-33(41)42-18-26-22-10-3-1-8-20(22)21-9-2-4-11-23(21)26/h1-15,17,26,28,35H,16,18H2,(H,36,41). The Kier molecular flexibility index (Phi) is 6.43. The monoisotopic (exact) mass is 572 g/mol. The van der Waals surface area contributed by atoms with E-state index in [1.165, 1.54) is 12.1 Å². The lowest BCUT2D eigenvalue weighted by Crippen LogP contribution is -2.47. The summed E-state index contributed by atoms with van der Waals surface area (Å²) in [4.78, 5) is 65.1. The highest BCUT2D eigenvalue weighted by Crippen LogP contribution is 2.44. The number of hydrogen-bond donors (Lipinski definition) is 2. The lowest BCUT2D eigenvalue weighted by atomic mass is 9.98. The van der Waals surface area contributed by atoms with Crippen LogP contribution in [0.3, 0.4) is 0 Å². The number of H-pyrrole nitrogens is 1. The Morgan fingerprint density at radius 2 is 1.44 bits per heavy atom. The third kappa shape index (κ3) is 4.58. The van der Waals surface area contributed by atoms with Crippen molar-refractivity contribution < 1.29 is 28.8 Å². The van der Waals surface area contributed by atoms with Gasteiger partial charge in [-0.15, -0.1) is 0 Å². The number of benzene rings is 3. The Bertz CT molecular complexity index is 1850. The van der Waals surface area contributed by atoms with E-state index in [0.717, 1.165) is 27.8 Å². The van der Waals surface area contributed by atoms with Gasteiger partial charge in [0.05, 0.1) is 22.2 Å². The van der Waals surface area contributed by atoms with Gasteiger partial charge in [-0.25, -0.2) is 9.59 Å². The summed E-state index contributed by atoms with van der Waals surface area (Å²) < 4.78 is 5.66. The number of amides is 3. The van der Waals surface area contributed by atoms with E-state index in [9.17, 15) is 19.2 Å². The number of hydrogen-bond acceptors (Lipinski definition) is 7. The number of aromatic amines is 1. The van der Waals surface area contributed by atoms with Crippen LogP contribution in [0.4, 0.5) is 4.79 Å². The predicted molar refractivity (Wildman–Crippen MR) is 155 cm³/mol. The second-order valence-electron chi connectivity index (χ2n) is 10.3. The van der Waals surface area contributed by atoms with Gasteiger partial charge >= 0.3 is 12.1 Å². The zero-order valence-electron chi connectivity index (χ0n) is 22.7. The summed E-state index contributed by atoms with van der Waals surface area (Å²) >= 11 is 0. The van der Waals surface area contributed by atoms with E-state index in [0.29, 0.717) is 16.1 Å². The molecule has 0 spiro atoms. The summed E-state index contributed by atoms with van der Waals surface area (Å²) in [5.74, 6) is -2.71. The number of aromatic nitrogens is 2. The van der Waals surface area contributed by atoms with Crippen LogP contribution in [0.5, 0.6) is 0 Å². The molecular weight excluding hydrogens is 548 g/mol. The van der Waals surface area contributed by atoms with E-state index < -0.39 is 29.9 Å². The number of nitrogens with one attached hydrogen (secondary N) is 2. The summed E-state index contributed by atoms with van der Waals surface area (Å²) in [5, 5.41) is 3.01. The minimum absolute atomic E-state index is 0.0364. The molecule has 2 N–H and O–H groups in total. The number of ether oxygens (including phenoxy) is 1. The number of rotatable bonds is 7. The van der Waals surface area contributed by atoms with Gasteiger partial charge < -0.3 is 19.9 Å². The summed E-state index contributed by atoms with van der Waals surface area (Å²) in [6.07, 6.45) is 2.41. The van der Waals surface area contributed by atoms with Gasteiger partial charge in [-0.2, -0.15) is 0 Å². The maximum atomic E-state index is 13.5. The first-order valence-corrected chi connectivity index (χ1v) is 13.7. The Morgan fingerprint density at radius 3 is 2.09 bits per heavy atom. The van der Waals surface area contributed by atoms with Crippen molar-refractivity contribution in [2.75, 3.05) is 6.61 Å². The van der Waals surface area contributed by atoms with Crippen molar-refractivity contribution in [1.82, 2.24) is 20.3 Å². The van der Waals surface area contributed by atoms with E-state index in [1.807, 2.05) is 54.6 Å². The molecule has 1 aliphatic carbocycles. The van der Waals surface area contributed by atoms with Crippen LogP contribution in [0.2, 0.25) is 0 Å². The molecule has 0 saturated carbocycles. The molecule has 10 heteroatoms. The molecule has 3 aromatic carbocycles. The topological polar surface area (TPSA) is 131 Å². The Morgan fingerprint density at radius 1 is 0.837 bits per heavy atom. The number of carbonyl (C=O) groups excluding carboxylic acids is 4. The van der Waals surface area contributed by atoms with Crippen LogP contribution in [0, 0.1) is 0 Å². The molecule has 0 bridgehead atoms. The highest BCUT2D eigenvalue weighted by Gasteiger charge is 2.40. The summed E-state index contributed by atoms with van der Waals surface area (Å²) in [6, 6.07) is 24.4. The van der Waals surface area contributed by atoms with Gasteiger partial charge in [-0.1, -0.05) is 65.7 Å². The van der Waals surface area contributed by atoms with Crippen LogP contribution in [0.25, 0.3) is 22.2 Å². The van der Waals surface area contributed by atoms with Gasteiger partial charge in [0.25, 0.3) is 11.8 Å². The molecule has 1 atom stereocenters. The summed E-state index contributed by atoms with van der Waals surface area (Å²) in [6.45, 7) is 0.0364. The normalized spacial score (nSPS) is 14.3. The first-order valence-electron chi connectivity index (χ1n) is 13.7. The minimum Gasteiger partial charge on any atom is -0.449 e. The fourth-order valence-electron chi connectivity index (χ4n) is 5.77. The van der Waals surface area contributed by atoms with Gasteiger partial charge in [0.2, 0.25) is 0 Å². The second kappa shape index (κ2) is 10.6. The highest BCUT2D eigenvalue weighted by molar-refractivity contribution is 6.21. The largest absolute Gasteiger partial charge is 0.449 e. The quantitative estimate of drug-likeness (QED) is 0.269. The minimum atomic E-state index is -1.30. The first-order chi connectivity index (χ1) is 21.0.